The first-order valence-corrected chi connectivity index (χ1v) is 8.31. The predicted octanol–water partition coefficient (Wildman–Crippen LogP) is 1.23. The van der Waals surface area contributed by atoms with Gasteiger partial charge in [0.25, 0.3) is 10.0 Å². The fraction of sp³-hybridized carbons (Fsp3) is 0.615. The summed E-state index contributed by atoms with van der Waals surface area (Å²) in [6, 6.07) is 2.51. The highest BCUT2D eigenvalue weighted by Gasteiger charge is 2.29. The van der Waals surface area contributed by atoms with Crippen molar-refractivity contribution in [3.63, 3.8) is 0 Å². The molecule has 0 amide bonds. The van der Waals surface area contributed by atoms with Gasteiger partial charge in [-0.3, -0.25) is 0 Å². The minimum Gasteiger partial charge on any atom is -0.317 e. The molecule has 2 heterocycles. The lowest BCUT2D eigenvalue weighted by atomic mass is 9.98. The summed E-state index contributed by atoms with van der Waals surface area (Å²) in [5.74, 6) is -0.478. The Hall–Kier alpha value is -1.05. The van der Waals surface area contributed by atoms with E-state index in [1.54, 1.807) is 6.92 Å². The normalized spacial score (nSPS) is 17.6. The molecule has 1 saturated heterocycles. The molecule has 1 aliphatic rings. The second-order valence-corrected chi connectivity index (χ2v) is 6.79. The first kappa shape index (κ1) is 15.3. The van der Waals surface area contributed by atoms with E-state index < -0.39 is 20.9 Å². The molecule has 1 N–H and O–H groups in total. The highest BCUT2D eigenvalue weighted by molar-refractivity contribution is 7.89. The number of aromatic nitrogens is 1. The smallest absolute Gasteiger partial charge is 0.263 e. The predicted molar refractivity (Wildman–Crippen MR) is 74.2 cm³/mol. The van der Waals surface area contributed by atoms with Crippen LogP contribution in [0.3, 0.4) is 0 Å². The third-order valence-electron chi connectivity index (χ3n) is 3.58. The van der Waals surface area contributed by atoms with Gasteiger partial charge in [0.1, 0.15) is 0 Å². The zero-order valence-corrected chi connectivity index (χ0v) is 12.4. The Bertz CT molecular complexity index is 544. The summed E-state index contributed by atoms with van der Waals surface area (Å²) in [5, 5.41) is 2.77. The summed E-state index contributed by atoms with van der Waals surface area (Å²) < 4.78 is 39.9. The number of halogens is 1. The lowest BCUT2D eigenvalue weighted by Crippen LogP contribution is -2.39. The number of nitrogens with zero attached hydrogens (tertiary/aromatic N) is 2. The van der Waals surface area contributed by atoms with Crippen LogP contribution in [0.5, 0.6) is 0 Å². The highest BCUT2D eigenvalue weighted by atomic mass is 32.2. The molecular weight excluding hydrogens is 281 g/mol. The van der Waals surface area contributed by atoms with Crippen molar-refractivity contribution in [2.75, 3.05) is 26.2 Å². The number of hydrogen-bond acceptors (Lipinski definition) is 4. The second-order valence-electron chi connectivity index (χ2n) is 4.94. The van der Waals surface area contributed by atoms with Crippen LogP contribution in [-0.4, -0.2) is 43.9 Å². The van der Waals surface area contributed by atoms with E-state index in [-0.39, 0.29) is 0 Å². The van der Waals surface area contributed by atoms with Gasteiger partial charge in [0.2, 0.25) is 5.03 Å². The molecule has 0 unspecified atom stereocenters. The van der Waals surface area contributed by atoms with Crippen LogP contribution in [0, 0.1) is 11.7 Å². The zero-order valence-electron chi connectivity index (χ0n) is 11.5. The number of rotatable bonds is 5. The zero-order chi connectivity index (χ0) is 14.6. The number of hydrogen-bond donors (Lipinski definition) is 1. The van der Waals surface area contributed by atoms with E-state index >= 15 is 0 Å². The van der Waals surface area contributed by atoms with Gasteiger partial charge in [-0.1, -0.05) is 6.92 Å². The maximum Gasteiger partial charge on any atom is 0.263 e. The van der Waals surface area contributed by atoms with Gasteiger partial charge < -0.3 is 5.32 Å². The van der Waals surface area contributed by atoms with E-state index in [9.17, 15) is 12.8 Å². The van der Waals surface area contributed by atoms with E-state index in [4.69, 9.17) is 0 Å². The largest absolute Gasteiger partial charge is 0.317 e. The van der Waals surface area contributed by atoms with Gasteiger partial charge in [0.15, 0.2) is 5.82 Å². The fourth-order valence-corrected chi connectivity index (χ4v) is 3.93. The van der Waals surface area contributed by atoms with E-state index in [1.807, 2.05) is 0 Å². The Labute approximate surface area is 119 Å². The number of pyridine rings is 1. The van der Waals surface area contributed by atoms with Gasteiger partial charge in [0, 0.05) is 19.3 Å². The molecule has 1 aromatic rings. The average Bonchev–Trinajstić information content (AvgIpc) is 2.46. The molecule has 0 radical (unpaired) electrons. The van der Waals surface area contributed by atoms with Crippen LogP contribution in [0.4, 0.5) is 4.39 Å². The second kappa shape index (κ2) is 6.60. The average molecular weight is 301 g/mol. The first-order valence-electron chi connectivity index (χ1n) is 6.87. The monoisotopic (exact) mass is 301 g/mol. The molecule has 0 aliphatic carbocycles. The summed E-state index contributed by atoms with van der Waals surface area (Å²) >= 11 is 0. The summed E-state index contributed by atoms with van der Waals surface area (Å²) in [5.41, 5.74) is 0. The Morgan fingerprint density at radius 1 is 1.45 bits per heavy atom. The SMILES string of the molecule is CCN(CC1CCNCC1)S(=O)(=O)c1ncccc1F. The lowest BCUT2D eigenvalue weighted by Gasteiger charge is -2.28. The summed E-state index contributed by atoms with van der Waals surface area (Å²) in [6.07, 6.45) is 3.18. The number of sulfonamides is 1. The Balaban J connectivity index is 2.19. The molecule has 1 fully saturated rings. The summed E-state index contributed by atoms with van der Waals surface area (Å²) in [4.78, 5) is 3.69. The van der Waals surface area contributed by atoms with Crippen LogP contribution in [0.1, 0.15) is 19.8 Å². The standard InChI is InChI=1S/C13H20FN3O2S/c1-2-17(10-11-5-8-15-9-6-11)20(18,19)13-12(14)4-3-7-16-13/h3-4,7,11,15H,2,5-6,8-10H2,1H3. The van der Waals surface area contributed by atoms with E-state index in [0.29, 0.717) is 19.0 Å². The van der Waals surface area contributed by atoms with Crippen molar-refractivity contribution in [2.24, 2.45) is 5.92 Å². The molecule has 1 aliphatic heterocycles. The minimum absolute atomic E-state index is 0.317. The van der Waals surface area contributed by atoms with Crippen LogP contribution in [-0.2, 0) is 10.0 Å². The van der Waals surface area contributed by atoms with Crippen molar-refractivity contribution in [1.82, 2.24) is 14.6 Å². The lowest BCUT2D eigenvalue weighted by molar-refractivity contribution is 0.293. The number of nitrogens with one attached hydrogen (secondary N) is 1. The van der Waals surface area contributed by atoms with Gasteiger partial charge in [-0.25, -0.2) is 17.8 Å². The minimum atomic E-state index is -3.85. The van der Waals surface area contributed by atoms with Gasteiger partial charge in [-0.2, -0.15) is 4.31 Å². The van der Waals surface area contributed by atoms with E-state index in [1.165, 1.54) is 16.6 Å². The van der Waals surface area contributed by atoms with Crippen LogP contribution in [0.15, 0.2) is 23.4 Å². The first-order chi connectivity index (χ1) is 9.55. The molecule has 5 nitrogen and oxygen atoms in total. The third kappa shape index (κ3) is 3.34. The van der Waals surface area contributed by atoms with Crippen molar-refractivity contribution < 1.29 is 12.8 Å². The maximum absolute atomic E-state index is 13.7. The number of piperidine rings is 1. The van der Waals surface area contributed by atoms with Gasteiger partial charge in [-0.05, 0) is 44.0 Å². The summed E-state index contributed by atoms with van der Waals surface area (Å²) in [7, 11) is -3.85. The maximum atomic E-state index is 13.7. The fourth-order valence-electron chi connectivity index (χ4n) is 2.43. The van der Waals surface area contributed by atoms with Crippen LogP contribution < -0.4 is 5.32 Å². The van der Waals surface area contributed by atoms with Gasteiger partial charge >= 0.3 is 0 Å². The Kier molecular flexibility index (Phi) is 5.06. The Morgan fingerprint density at radius 3 is 2.75 bits per heavy atom. The summed E-state index contributed by atoms with van der Waals surface area (Å²) in [6.45, 7) is 4.32. The van der Waals surface area contributed by atoms with Crippen molar-refractivity contribution in [1.29, 1.82) is 0 Å². The van der Waals surface area contributed by atoms with Gasteiger partial charge in [0.05, 0.1) is 0 Å². The highest BCUT2D eigenvalue weighted by Crippen LogP contribution is 2.20. The Morgan fingerprint density at radius 2 is 2.15 bits per heavy atom. The van der Waals surface area contributed by atoms with E-state index in [0.717, 1.165) is 32.0 Å². The molecule has 112 valence electrons. The van der Waals surface area contributed by atoms with Crippen molar-refractivity contribution in [2.45, 2.75) is 24.8 Å². The molecule has 2 rings (SSSR count). The van der Waals surface area contributed by atoms with Crippen LogP contribution in [0.2, 0.25) is 0 Å². The van der Waals surface area contributed by atoms with Crippen LogP contribution in [0.25, 0.3) is 0 Å². The molecule has 1 aromatic heterocycles. The molecule has 20 heavy (non-hydrogen) atoms. The molecule has 7 heteroatoms. The molecule has 0 aromatic carbocycles. The molecule has 0 spiro atoms. The van der Waals surface area contributed by atoms with E-state index in [2.05, 4.69) is 10.3 Å². The quantitative estimate of drug-likeness (QED) is 0.888. The molecule has 0 atom stereocenters. The molecule has 0 bridgehead atoms. The van der Waals surface area contributed by atoms with Crippen molar-refractivity contribution in [3.05, 3.63) is 24.1 Å². The van der Waals surface area contributed by atoms with Crippen LogP contribution >= 0.6 is 0 Å². The molecule has 0 saturated carbocycles. The van der Waals surface area contributed by atoms with Crippen molar-refractivity contribution in [3.8, 4) is 0 Å². The topological polar surface area (TPSA) is 62.3 Å². The van der Waals surface area contributed by atoms with Crippen molar-refractivity contribution >= 4 is 10.0 Å². The molecular formula is C13H20FN3O2S. The third-order valence-corrected chi connectivity index (χ3v) is 5.46. The van der Waals surface area contributed by atoms with Gasteiger partial charge in [-0.15, -0.1) is 0 Å².